The molecular formula is C15H29NO2. The molecule has 0 amide bonds. The molecule has 0 aromatic heterocycles. The third kappa shape index (κ3) is 2.59. The summed E-state index contributed by atoms with van der Waals surface area (Å²) in [5.41, 5.74) is 0.387. The number of aliphatic hydroxyl groups excluding tert-OH is 1. The first-order chi connectivity index (χ1) is 8.60. The van der Waals surface area contributed by atoms with E-state index in [0.29, 0.717) is 17.6 Å². The van der Waals surface area contributed by atoms with E-state index in [1.54, 1.807) is 0 Å². The Morgan fingerprint density at radius 2 is 2.00 bits per heavy atom. The van der Waals surface area contributed by atoms with Gasteiger partial charge < -0.3 is 14.7 Å². The summed E-state index contributed by atoms with van der Waals surface area (Å²) < 4.78 is 5.97. The molecule has 3 atom stereocenters. The van der Waals surface area contributed by atoms with E-state index in [1.165, 1.54) is 32.1 Å². The summed E-state index contributed by atoms with van der Waals surface area (Å²) in [4.78, 5) is 2.37. The second kappa shape index (κ2) is 5.89. The van der Waals surface area contributed by atoms with Crippen molar-refractivity contribution in [3.8, 4) is 0 Å². The maximum atomic E-state index is 9.57. The molecule has 3 nitrogen and oxygen atoms in total. The minimum atomic E-state index is -0.234. The van der Waals surface area contributed by atoms with Gasteiger partial charge in [0.05, 0.1) is 12.2 Å². The summed E-state index contributed by atoms with van der Waals surface area (Å²) >= 11 is 0. The highest BCUT2D eigenvalue weighted by Crippen LogP contribution is 2.55. The van der Waals surface area contributed by atoms with Gasteiger partial charge in [0.1, 0.15) is 0 Å². The topological polar surface area (TPSA) is 32.7 Å². The van der Waals surface area contributed by atoms with Crippen LogP contribution in [0.1, 0.15) is 52.4 Å². The van der Waals surface area contributed by atoms with Gasteiger partial charge in [-0.2, -0.15) is 0 Å². The van der Waals surface area contributed by atoms with Crippen LogP contribution in [0.3, 0.4) is 0 Å². The second-order valence-electron chi connectivity index (χ2n) is 6.28. The Kier molecular flexibility index (Phi) is 4.68. The number of aliphatic hydroxyl groups is 1. The third-order valence-electron chi connectivity index (χ3n) is 4.98. The number of ether oxygens (including phenoxy) is 1. The Hall–Kier alpha value is -0.120. The van der Waals surface area contributed by atoms with E-state index in [1.807, 2.05) is 6.92 Å². The van der Waals surface area contributed by atoms with Gasteiger partial charge in [-0.1, -0.05) is 19.3 Å². The van der Waals surface area contributed by atoms with Gasteiger partial charge in [0.2, 0.25) is 0 Å². The molecule has 0 aromatic carbocycles. The number of nitrogens with zero attached hydrogens (tertiary/aromatic N) is 1. The lowest BCUT2D eigenvalue weighted by atomic mass is 9.54. The van der Waals surface area contributed by atoms with Gasteiger partial charge in [0, 0.05) is 24.6 Å². The first-order valence-corrected chi connectivity index (χ1v) is 7.60. The molecule has 0 aliphatic heterocycles. The van der Waals surface area contributed by atoms with Crippen LogP contribution in [0.2, 0.25) is 0 Å². The smallest absolute Gasteiger partial charge is 0.0661 e. The van der Waals surface area contributed by atoms with Crippen molar-refractivity contribution >= 4 is 0 Å². The highest BCUT2D eigenvalue weighted by Gasteiger charge is 2.56. The molecule has 0 aromatic rings. The molecule has 0 bridgehead atoms. The quantitative estimate of drug-likeness (QED) is 0.819. The van der Waals surface area contributed by atoms with Gasteiger partial charge in [-0.15, -0.1) is 0 Å². The SMILES string of the molecule is CCO[C@@H]1C[C@H](N(C)C[C@@H](C)O)C12CCCCC2. The highest BCUT2D eigenvalue weighted by molar-refractivity contribution is 5.09. The van der Waals surface area contributed by atoms with E-state index in [0.717, 1.165) is 19.6 Å². The predicted molar refractivity (Wildman–Crippen MR) is 73.6 cm³/mol. The lowest BCUT2D eigenvalue weighted by Crippen LogP contribution is -2.65. The number of likely N-dealkylation sites (N-methyl/N-ethyl adjacent to an activating group) is 1. The Balaban J connectivity index is 2.02. The summed E-state index contributed by atoms with van der Waals surface area (Å²) in [7, 11) is 2.16. The lowest BCUT2D eigenvalue weighted by Gasteiger charge is -2.60. The molecule has 1 N–H and O–H groups in total. The summed E-state index contributed by atoms with van der Waals surface area (Å²) in [5, 5.41) is 9.57. The molecule has 0 unspecified atom stereocenters. The van der Waals surface area contributed by atoms with Crippen molar-refractivity contribution < 1.29 is 9.84 Å². The summed E-state index contributed by atoms with van der Waals surface area (Å²) in [5.74, 6) is 0. The first-order valence-electron chi connectivity index (χ1n) is 7.60. The fourth-order valence-electron chi connectivity index (χ4n) is 4.19. The Morgan fingerprint density at radius 1 is 1.33 bits per heavy atom. The Labute approximate surface area is 112 Å². The molecule has 1 spiro atoms. The predicted octanol–water partition coefficient (Wildman–Crippen LogP) is 2.43. The molecule has 106 valence electrons. The molecule has 3 heteroatoms. The van der Waals surface area contributed by atoms with Crippen molar-refractivity contribution in [3.63, 3.8) is 0 Å². The average molecular weight is 255 g/mol. The molecule has 0 saturated heterocycles. The fraction of sp³-hybridized carbons (Fsp3) is 1.00. The van der Waals surface area contributed by atoms with Crippen LogP contribution in [0.5, 0.6) is 0 Å². The second-order valence-corrected chi connectivity index (χ2v) is 6.28. The van der Waals surface area contributed by atoms with Gasteiger partial charge in [0.15, 0.2) is 0 Å². The van der Waals surface area contributed by atoms with Crippen molar-refractivity contribution in [2.24, 2.45) is 5.41 Å². The van der Waals surface area contributed by atoms with Crippen molar-refractivity contribution in [3.05, 3.63) is 0 Å². The standard InChI is InChI=1S/C15H29NO2/c1-4-18-14-10-13(16(3)11-12(2)17)15(14)8-6-5-7-9-15/h12-14,17H,4-11H2,1-3H3/t12-,13+,14-/m1/s1. The van der Waals surface area contributed by atoms with Crippen molar-refractivity contribution in [1.82, 2.24) is 4.90 Å². The highest BCUT2D eigenvalue weighted by atomic mass is 16.5. The molecule has 2 saturated carbocycles. The van der Waals surface area contributed by atoms with Gasteiger partial charge in [-0.3, -0.25) is 0 Å². The number of rotatable bonds is 5. The monoisotopic (exact) mass is 255 g/mol. The van der Waals surface area contributed by atoms with Crippen LogP contribution in [0.15, 0.2) is 0 Å². The zero-order chi connectivity index (χ0) is 13.2. The zero-order valence-electron chi connectivity index (χ0n) is 12.2. The molecule has 2 aliphatic rings. The summed E-state index contributed by atoms with van der Waals surface area (Å²) in [6, 6.07) is 0.615. The van der Waals surface area contributed by atoms with Crippen LogP contribution in [0.4, 0.5) is 0 Å². The van der Waals surface area contributed by atoms with E-state index in [2.05, 4.69) is 18.9 Å². The van der Waals surface area contributed by atoms with Crippen LogP contribution in [0.25, 0.3) is 0 Å². The third-order valence-corrected chi connectivity index (χ3v) is 4.98. The van der Waals surface area contributed by atoms with Crippen LogP contribution >= 0.6 is 0 Å². The van der Waals surface area contributed by atoms with Gasteiger partial charge in [0.25, 0.3) is 0 Å². The summed E-state index contributed by atoms with van der Waals surface area (Å²) in [6.07, 6.45) is 8.08. The van der Waals surface area contributed by atoms with Crippen molar-refractivity contribution in [2.75, 3.05) is 20.2 Å². The van der Waals surface area contributed by atoms with E-state index in [-0.39, 0.29) is 6.10 Å². The Morgan fingerprint density at radius 3 is 2.56 bits per heavy atom. The molecule has 2 rings (SSSR count). The molecular weight excluding hydrogens is 226 g/mol. The van der Waals surface area contributed by atoms with Crippen molar-refractivity contribution in [1.29, 1.82) is 0 Å². The van der Waals surface area contributed by atoms with E-state index >= 15 is 0 Å². The van der Waals surface area contributed by atoms with Crippen molar-refractivity contribution in [2.45, 2.75) is 70.6 Å². The van der Waals surface area contributed by atoms with Crippen LogP contribution in [-0.4, -0.2) is 48.5 Å². The van der Waals surface area contributed by atoms with E-state index in [9.17, 15) is 5.11 Å². The minimum absolute atomic E-state index is 0.234. The average Bonchev–Trinajstić information content (AvgIpc) is 2.34. The molecule has 0 radical (unpaired) electrons. The molecule has 2 fully saturated rings. The maximum absolute atomic E-state index is 9.57. The first kappa shape index (κ1) is 14.3. The van der Waals surface area contributed by atoms with Gasteiger partial charge in [-0.05, 0) is 40.2 Å². The molecule has 0 heterocycles. The largest absolute Gasteiger partial charge is 0.392 e. The fourth-order valence-corrected chi connectivity index (χ4v) is 4.19. The van der Waals surface area contributed by atoms with E-state index < -0.39 is 0 Å². The minimum Gasteiger partial charge on any atom is -0.392 e. The van der Waals surface area contributed by atoms with Crippen LogP contribution in [0, 0.1) is 5.41 Å². The van der Waals surface area contributed by atoms with Crippen LogP contribution < -0.4 is 0 Å². The van der Waals surface area contributed by atoms with Crippen LogP contribution in [-0.2, 0) is 4.74 Å². The van der Waals surface area contributed by atoms with Gasteiger partial charge in [-0.25, -0.2) is 0 Å². The number of hydrogen-bond acceptors (Lipinski definition) is 3. The van der Waals surface area contributed by atoms with Gasteiger partial charge >= 0.3 is 0 Å². The maximum Gasteiger partial charge on any atom is 0.0661 e. The zero-order valence-corrected chi connectivity index (χ0v) is 12.2. The molecule has 18 heavy (non-hydrogen) atoms. The lowest BCUT2D eigenvalue weighted by molar-refractivity contribution is -0.181. The Bertz CT molecular complexity index is 261. The summed E-state index contributed by atoms with van der Waals surface area (Å²) in [6.45, 7) is 5.59. The normalized spacial score (nSPS) is 32.5. The molecule has 2 aliphatic carbocycles. The van der Waals surface area contributed by atoms with E-state index in [4.69, 9.17) is 4.74 Å². The number of hydrogen-bond donors (Lipinski definition) is 1.